The van der Waals surface area contributed by atoms with Gasteiger partial charge in [0.05, 0.1) is 16.6 Å². The molecule has 0 fully saturated rings. The van der Waals surface area contributed by atoms with Crippen molar-refractivity contribution in [3.8, 4) is 0 Å². The summed E-state index contributed by atoms with van der Waals surface area (Å²) in [5.74, 6) is 0.0957. The van der Waals surface area contributed by atoms with Crippen molar-refractivity contribution < 1.29 is 4.79 Å². The van der Waals surface area contributed by atoms with Gasteiger partial charge in [0.1, 0.15) is 0 Å². The zero-order chi connectivity index (χ0) is 20.0. The maximum Gasteiger partial charge on any atom is 0.245 e. The molecule has 144 valence electrons. The van der Waals surface area contributed by atoms with Crippen LogP contribution in [0.4, 0.5) is 5.69 Å². The number of carbonyl (C=O) groups is 1. The summed E-state index contributed by atoms with van der Waals surface area (Å²) in [5.41, 5.74) is 8.07. The Bertz CT molecular complexity index is 809. The molecule has 0 saturated heterocycles. The van der Waals surface area contributed by atoms with Crippen molar-refractivity contribution in [2.75, 3.05) is 5.32 Å². The predicted molar refractivity (Wildman–Crippen MR) is 117 cm³/mol. The molecule has 0 aliphatic carbocycles. The molecular weight excluding hydrogens is 401 g/mol. The Kier molecular flexibility index (Phi) is 7.90. The van der Waals surface area contributed by atoms with Gasteiger partial charge in [0.15, 0.2) is 5.11 Å². The van der Waals surface area contributed by atoms with Gasteiger partial charge in [-0.15, -0.1) is 0 Å². The third kappa shape index (κ3) is 6.69. The molecule has 0 spiro atoms. The summed E-state index contributed by atoms with van der Waals surface area (Å²) in [5, 5.41) is 4.12. The van der Waals surface area contributed by atoms with E-state index in [1.165, 1.54) is 5.56 Å². The second-order valence-corrected chi connectivity index (χ2v) is 8.01. The van der Waals surface area contributed by atoms with Crippen LogP contribution in [0.3, 0.4) is 0 Å². The van der Waals surface area contributed by atoms with Gasteiger partial charge in [0.2, 0.25) is 5.91 Å². The summed E-state index contributed by atoms with van der Waals surface area (Å²) in [6.45, 7) is 6.21. The number of halogens is 2. The SMILES string of the molecule is CC(C)Cc1ccc(C(C)C(=O)NNC(=S)Nc2cc(Cl)ccc2Cl)cc1. The van der Waals surface area contributed by atoms with Crippen molar-refractivity contribution in [2.24, 2.45) is 5.92 Å². The first-order chi connectivity index (χ1) is 12.8. The summed E-state index contributed by atoms with van der Waals surface area (Å²) in [7, 11) is 0. The van der Waals surface area contributed by atoms with Gasteiger partial charge in [0, 0.05) is 5.02 Å². The van der Waals surface area contributed by atoms with E-state index in [9.17, 15) is 4.79 Å². The van der Waals surface area contributed by atoms with E-state index in [1.807, 2.05) is 19.1 Å². The van der Waals surface area contributed by atoms with Crippen LogP contribution in [0.2, 0.25) is 10.0 Å². The molecule has 27 heavy (non-hydrogen) atoms. The van der Waals surface area contributed by atoms with E-state index in [4.69, 9.17) is 35.4 Å². The molecule has 1 atom stereocenters. The Morgan fingerprint density at radius 1 is 1.04 bits per heavy atom. The van der Waals surface area contributed by atoms with Crippen molar-refractivity contribution in [2.45, 2.75) is 33.1 Å². The Morgan fingerprint density at radius 3 is 2.33 bits per heavy atom. The number of hydrogen-bond donors (Lipinski definition) is 3. The molecule has 1 unspecified atom stereocenters. The Hall–Kier alpha value is -1.82. The van der Waals surface area contributed by atoms with Gasteiger partial charge in [-0.1, -0.05) is 61.3 Å². The molecule has 0 aliphatic heterocycles. The highest BCUT2D eigenvalue weighted by Crippen LogP contribution is 2.25. The van der Waals surface area contributed by atoms with Gasteiger partial charge in [0.25, 0.3) is 0 Å². The first kappa shape index (κ1) is 21.5. The molecule has 2 aromatic rings. The minimum atomic E-state index is -0.317. The number of benzene rings is 2. The fourth-order valence-corrected chi connectivity index (χ4v) is 3.04. The molecule has 0 aliphatic rings. The first-order valence-corrected chi connectivity index (χ1v) is 9.83. The normalized spacial score (nSPS) is 11.8. The number of rotatable bonds is 5. The fraction of sp³-hybridized carbons (Fsp3) is 0.300. The Morgan fingerprint density at radius 2 is 1.70 bits per heavy atom. The zero-order valence-corrected chi connectivity index (χ0v) is 17.8. The average molecular weight is 424 g/mol. The minimum Gasteiger partial charge on any atom is -0.330 e. The van der Waals surface area contributed by atoms with E-state index in [1.54, 1.807) is 18.2 Å². The second-order valence-electron chi connectivity index (χ2n) is 6.75. The van der Waals surface area contributed by atoms with Crippen LogP contribution < -0.4 is 16.2 Å². The minimum absolute atomic E-state index is 0.187. The van der Waals surface area contributed by atoms with Crippen molar-refractivity contribution in [3.05, 3.63) is 63.6 Å². The maximum absolute atomic E-state index is 12.4. The van der Waals surface area contributed by atoms with Gasteiger partial charge < -0.3 is 5.32 Å². The smallest absolute Gasteiger partial charge is 0.245 e. The van der Waals surface area contributed by atoms with Gasteiger partial charge >= 0.3 is 0 Å². The largest absolute Gasteiger partial charge is 0.330 e. The summed E-state index contributed by atoms with van der Waals surface area (Å²) in [6.07, 6.45) is 1.02. The number of amides is 1. The van der Waals surface area contributed by atoms with E-state index >= 15 is 0 Å². The number of anilines is 1. The highest BCUT2D eigenvalue weighted by molar-refractivity contribution is 7.80. The quantitative estimate of drug-likeness (QED) is 0.450. The summed E-state index contributed by atoms with van der Waals surface area (Å²) >= 11 is 17.2. The van der Waals surface area contributed by atoms with E-state index in [0.29, 0.717) is 21.7 Å². The molecule has 4 nitrogen and oxygen atoms in total. The van der Waals surface area contributed by atoms with Crippen LogP contribution in [0.15, 0.2) is 42.5 Å². The summed E-state index contributed by atoms with van der Waals surface area (Å²) in [4.78, 5) is 12.4. The standard InChI is InChI=1S/C20H23Cl2N3OS/c1-12(2)10-14-4-6-15(7-5-14)13(3)19(26)24-25-20(27)23-18-11-16(21)8-9-17(18)22/h4-9,11-13H,10H2,1-3H3,(H,24,26)(H2,23,25,27). The molecule has 1 amide bonds. The molecule has 0 bridgehead atoms. The second kappa shape index (κ2) is 9.93. The topological polar surface area (TPSA) is 53.2 Å². The van der Waals surface area contributed by atoms with Crippen LogP contribution in [0.1, 0.15) is 37.8 Å². The summed E-state index contributed by atoms with van der Waals surface area (Å²) in [6, 6.07) is 13.1. The van der Waals surface area contributed by atoms with Crippen molar-refractivity contribution in [3.63, 3.8) is 0 Å². The molecule has 0 radical (unpaired) electrons. The third-order valence-electron chi connectivity index (χ3n) is 3.99. The average Bonchev–Trinajstić information content (AvgIpc) is 2.62. The monoisotopic (exact) mass is 423 g/mol. The lowest BCUT2D eigenvalue weighted by molar-refractivity contribution is -0.122. The molecule has 7 heteroatoms. The van der Waals surface area contributed by atoms with Crippen LogP contribution in [0.5, 0.6) is 0 Å². The van der Waals surface area contributed by atoms with Crippen LogP contribution in [-0.2, 0) is 11.2 Å². The molecule has 3 N–H and O–H groups in total. The van der Waals surface area contributed by atoms with Gasteiger partial charge in [-0.25, -0.2) is 0 Å². The summed E-state index contributed by atoms with van der Waals surface area (Å²) < 4.78 is 0. The van der Waals surface area contributed by atoms with Crippen molar-refractivity contribution in [1.29, 1.82) is 0 Å². The molecule has 2 rings (SSSR count). The van der Waals surface area contributed by atoms with E-state index < -0.39 is 0 Å². The molecule has 0 saturated carbocycles. The number of hydrogen-bond acceptors (Lipinski definition) is 2. The lowest BCUT2D eigenvalue weighted by Crippen LogP contribution is -2.45. The van der Waals surface area contributed by atoms with Crippen LogP contribution in [0.25, 0.3) is 0 Å². The highest BCUT2D eigenvalue weighted by Gasteiger charge is 2.15. The number of nitrogens with one attached hydrogen (secondary N) is 3. The maximum atomic E-state index is 12.4. The molecule has 0 heterocycles. The lowest BCUT2D eigenvalue weighted by Gasteiger charge is -2.16. The fourth-order valence-electron chi connectivity index (χ4n) is 2.54. The number of carbonyl (C=O) groups excluding carboxylic acids is 1. The molecular formula is C20H23Cl2N3OS. The first-order valence-electron chi connectivity index (χ1n) is 8.67. The van der Waals surface area contributed by atoms with Crippen LogP contribution in [-0.4, -0.2) is 11.0 Å². The highest BCUT2D eigenvalue weighted by atomic mass is 35.5. The lowest BCUT2D eigenvalue weighted by atomic mass is 9.96. The van der Waals surface area contributed by atoms with Gasteiger partial charge in [-0.3, -0.25) is 15.6 Å². The van der Waals surface area contributed by atoms with E-state index in [-0.39, 0.29) is 16.9 Å². The molecule has 2 aromatic carbocycles. The van der Waals surface area contributed by atoms with Gasteiger partial charge in [-0.2, -0.15) is 0 Å². The van der Waals surface area contributed by atoms with Crippen molar-refractivity contribution >= 4 is 52.1 Å². The predicted octanol–water partition coefficient (Wildman–Crippen LogP) is 5.31. The van der Waals surface area contributed by atoms with Crippen LogP contribution in [0, 0.1) is 5.92 Å². The Labute approximate surface area is 175 Å². The van der Waals surface area contributed by atoms with Crippen molar-refractivity contribution in [1.82, 2.24) is 10.9 Å². The Balaban J connectivity index is 1.88. The van der Waals surface area contributed by atoms with Crippen LogP contribution >= 0.6 is 35.4 Å². The van der Waals surface area contributed by atoms with E-state index in [0.717, 1.165) is 12.0 Å². The van der Waals surface area contributed by atoms with Gasteiger partial charge in [-0.05, 0) is 60.8 Å². The number of hydrazine groups is 1. The molecule has 0 aromatic heterocycles. The number of thiocarbonyl (C=S) groups is 1. The zero-order valence-electron chi connectivity index (χ0n) is 15.5. The van der Waals surface area contributed by atoms with E-state index in [2.05, 4.69) is 42.1 Å². The third-order valence-corrected chi connectivity index (χ3v) is 4.76.